The van der Waals surface area contributed by atoms with Crippen molar-refractivity contribution in [2.75, 3.05) is 11.5 Å². The number of aryl methyl sites for hydroxylation is 1. The van der Waals surface area contributed by atoms with Crippen molar-refractivity contribution in [1.82, 2.24) is 19.5 Å². The molecule has 3 atom stereocenters. The van der Waals surface area contributed by atoms with Crippen molar-refractivity contribution in [3.8, 4) is 0 Å². The fraction of sp³-hybridized carbons (Fsp3) is 0.227. The topological polar surface area (TPSA) is 136 Å². The first-order valence-electron chi connectivity index (χ1n) is 9.91. The average molecular weight is 420 g/mol. The summed E-state index contributed by atoms with van der Waals surface area (Å²) in [6, 6.07) is 8.26. The standard InChI is InChI=1S/C22H21FN6O2/c23-15-8-12-3-1-11(7-16(12)28-21(15)25)2-4-13-9-17(19(31)18(13)30)29-6-5-14-20(24)26-10-27-22(14)29/h1,3,5-10,17-19,30-31H,2,4H2,(H2,25,28)(H2,24,26,27)/t17-,18-,19+/m1/s1. The van der Waals surface area contributed by atoms with Crippen molar-refractivity contribution in [1.29, 1.82) is 0 Å². The lowest BCUT2D eigenvalue weighted by Crippen LogP contribution is -2.29. The minimum Gasteiger partial charge on any atom is -0.388 e. The maximum atomic E-state index is 13.6. The molecule has 9 heteroatoms. The van der Waals surface area contributed by atoms with Crippen LogP contribution in [-0.4, -0.2) is 41.9 Å². The third-order valence-corrected chi connectivity index (χ3v) is 5.86. The number of hydrogen-bond donors (Lipinski definition) is 4. The van der Waals surface area contributed by atoms with E-state index in [4.69, 9.17) is 11.5 Å². The predicted octanol–water partition coefficient (Wildman–Crippen LogP) is 2.12. The molecule has 158 valence electrons. The second kappa shape index (κ2) is 7.29. The molecule has 0 aliphatic heterocycles. The summed E-state index contributed by atoms with van der Waals surface area (Å²) in [6.07, 6.45) is 4.23. The van der Waals surface area contributed by atoms with Gasteiger partial charge in [-0.2, -0.15) is 0 Å². The number of benzene rings is 1. The second-order valence-electron chi connectivity index (χ2n) is 7.77. The number of aromatic nitrogens is 4. The molecule has 3 heterocycles. The Hall–Kier alpha value is -3.56. The van der Waals surface area contributed by atoms with Gasteiger partial charge in [0.2, 0.25) is 0 Å². The van der Waals surface area contributed by atoms with Crippen LogP contribution in [-0.2, 0) is 6.42 Å². The van der Waals surface area contributed by atoms with Crippen LogP contribution in [0.2, 0.25) is 0 Å². The molecule has 0 saturated carbocycles. The van der Waals surface area contributed by atoms with E-state index in [0.29, 0.717) is 40.6 Å². The predicted molar refractivity (Wildman–Crippen MR) is 116 cm³/mol. The number of nitrogens with zero attached hydrogens (tertiary/aromatic N) is 4. The molecule has 1 aliphatic rings. The first kappa shape index (κ1) is 19.4. The lowest BCUT2D eigenvalue weighted by atomic mass is 10.0. The fourth-order valence-electron chi connectivity index (χ4n) is 4.18. The zero-order valence-corrected chi connectivity index (χ0v) is 16.5. The Morgan fingerprint density at radius 1 is 1.03 bits per heavy atom. The van der Waals surface area contributed by atoms with E-state index < -0.39 is 24.1 Å². The van der Waals surface area contributed by atoms with Crippen LogP contribution in [0, 0.1) is 5.82 Å². The normalized spacial score (nSPS) is 21.1. The molecule has 0 amide bonds. The smallest absolute Gasteiger partial charge is 0.165 e. The number of aliphatic hydroxyl groups excluding tert-OH is 2. The Morgan fingerprint density at radius 3 is 2.71 bits per heavy atom. The zero-order chi connectivity index (χ0) is 21.7. The Labute approximate surface area is 176 Å². The maximum Gasteiger partial charge on any atom is 0.165 e. The van der Waals surface area contributed by atoms with Gasteiger partial charge in [-0.05, 0) is 42.2 Å². The second-order valence-corrected chi connectivity index (χ2v) is 7.77. The minimum atomic E-state index is -0.997. The van der Waals surface area contributed by atoms with Gasteiger partial charge in [-0.15, -0.1) is 0 Å². The van der Waals surface area contributed by atoms with Crippen LogP contribution < -0.4 is 11.5 Å². The quantitative estimate of drug-likeness (QED) is 0.371. The number of nitrogens with two attached hydrogens (primary N) is 2. The molecule has 0 fully saturated rings. The minimum absolute atomic E-state index is 0.132. The number of nitrogen functional groups attached to an aromatic ring is 2. The number of pyridine rings is 1. The molecule has 1 aromatic carbocycles. The van der Waals surface area contributed by atoms with Gasteiger partial charge in [0, 0.05) is 11.6 Å². The monoisotopic (exact) mass is 420 g/mol. The van der Waals surface area contributed by atoms with Crippen molar-refractivity contribution in [3.05, 3.63) is 65.9 Å². The lowest BCUT2D eigenvalue weighted by molar-refractivity contribution is 0.0317. The van der Waals surface area contributed by atoms with Crippen LogP contribution in [0.5, 0.6) is 0 Å². The summed E-state index contributed by atoms with van der Waals surface area (Å²) in [7, 11) is 0. The summed E-state index contributed by atoms with van der Waals surface area (Å²) in [5.41, 5.74) is 14.4. The lowest BCUT2D eigenvalue weighted by Gasteiger charge is -2.19. The number of rotatable bonds is 4. The van der Waals surface area contributed by atoms with Crippen molar-refractivity contribution >= 4 is 33.6 Å². The van der Waals surface area contributed by atoms with Crippen molar-refractivity contribution in [2.45, 2.75) is 31.1 Å². The van der Waals surface area contributed by atoms with Gasteiger partial charge in [0.05, 0.1) is 16.9 Å². The van der Waals surface area contributed by atoms with Crippen LogP contribution in [0.3, 0.4) is 0 Å². The Kier molecular flexibility index (Phi) is 4.57. The van der Waals surface area contributed by atoms with E-state index in [9.17, 15) is 14.6 Å². The highest BCUT2D eigenvalue weighted by atomic mass is 19.1. The van der Waals surface area contributed by atoms with Gasteiger partial charge in [0.15, 0.2) is 11.6 Å². The van der Waals surface area contributed by atoms with E-state index in [2.05, 4.69) is 15.0 Å². The van der Waals surface area contributed by atoms with E-state index in [1.165, 1.54) is 12.4 Å². The Morgan fingerprint density at radius 2 is 1.87 bits per heavy atom. The molecule has 4 aromatic rings. The van der Waals surface area contributed by atoms with Crippen molar-refractivity contribution < 1.29 is 14.6 Å². The molecular weight excluding hydrogens is 399 g/mol. The van der Waals surface area contributed by atoms with Crippen LogP contribution in [0.1, 0.15) is 18.0 Å². The van der Waals surface area contributed by atoms with E-state index in [-0.39, 0.29) is 5.82 Å². The van der Waals surface area contributed by atoms with Gasteiger partial charge in [-0.25, -0.2) is 19.3 Å². The summed E-state index contributed by atoms with van der Waals surface area (Å²) >= 11 is 0. The average Bonchev–Trinajstić information content (AvgIpc) is 3.30. The number of halogens is 1. The van der Waals surface area contributed by atoms with Crippen molar-refractivity contribution in [3.63, 3.8) is 0 Å². The highest BCUT2D eigenvalue weighted by molar-refractivity contribution is 5.86. The Bertz CT molecular complexity index is 1330. The Balaban J connectivity index is 1.39. The SMILES string of the molecule is Nc1nc2cc(CCC3=C[C@@H](n4ccc5c(N)ncnc54)[C@H](O)[C@@H]3O)ccc2cc1F. The molecule has 6 N–H and O–H groups in total. The van der Waals surface area contributed by atoms with Crippen LogP contribution in [0.4, 0.5) is 16.0 Å². The molecule has 0 spiro atoms. The summed E-state index contributed by atoms with van der Waals surface area (Å²) in [5, 5.41) is 22.6. The number of hydrogen-bond acceptors (Lipinski definition) is 7. The van der Waals surface area contributed by atoms with Gasteiger partial charge in [0.25, 0.3) is 0 Å². The highest BCUT2D eigenvalue weighted by Crippen LogP contribution is 2.34. The van der Waals surface area contributed by atoms with Gasteiger partial charge >= 0.3 is 0 Å². The number of anilines is 2. The van der Waals surface area contributed by atoms with E-state index in [1.54, 1.807) is 22.9 Å². The molecular formula is C22H21FN6O2. The van der Waals surface area contributed by atoms with Gasteiger partial charge in [-0.1, -0.05) is 18.2 Å². The number of aliphatic hydroxyl groups is 2. The summed E-state index contributed by atoms with van der Waals surface area (Å²) in [4.78, 5) is 12.4. The first-order chi connectivity index (χ1) is 14.9. The molecule has 0 radical (unpaired) electrons. The summed E-state index contributed by atoms with van der Waals surface area (Å²) in [5.74, 6) is -0.302. The third-order valence-electron chi connectivity index (χ3n) is 5.86. The molecule has 5 rings (SSSR count). The molecule has 3 aromatic heterocycles. The van der Waals surface area contributed by atoms with E-state index >= 15 is 0 Å². The highest BCUT2D eigenvalue weighted by Gasteiger charge is 2.36. The number of fused-ring (bicyclic) bond motifs is 2. The first-order valence-corrected chi connectivity index (χ1v) is 9.91. The van der Waals surface area contributed by atoms with Crippen LogP contribution in [0.15, 0.2) is 54.5 Å². The van der Waals surface area contributed by atoms with E-state index in [0.717, 1.165) is 11.1 Å². The molecule has 31 heavy (non-hydrogen) atoms. The van der Waals surface area contributed by atoms with E-state index in [1.807, 2.05) is 18.2 Å². The molecule has 1 aliphatic carbocycles. The van der Waals surface area contributed by atoms with Crippen molar-refractivity contribution in [2.24, 2.45) is 0 Å². The summed E-state index contributed by atoms with van der Waals surface area (Å²) < 4.78 is 15.4. The maximum absolute atomic E-state index is 13.6. The largest absolute Gasteiger partial charge is 0.388 e. The van der Waals surface area contributed by atoms with Gasteiger partial charge in [-0.3, -0.25) is 0 Å². The van der Waals surface area contributed by atoms with Crippen LogP contribution in [0.25, 0.3) is 21.9 Å². The molecule has 0 bridgehead atoms. The van der Waals surface area contributed by atoms with Gasteiger partial charge in [0.1, 0.15) is 30.0 Å². The zero-order valence-electron chi connectivity index (χ0n) is 16.5. The third kappa shape index (κ3) is 3.28. The molecule has 8 nitrogen and oxygen atoms in total. The van der Waals surface area contributed by atoms with Crippen LogP contribution >= 0.6 is 0 Å². The fourth-order valence-corrected chi connectivity index (χ4v) is 4.18. The molecule has 0 unspecified atom stereocenters. The van der Waals surface area contributed by atoms with Gasteiger partial charge < -0.3 is 26.2 Å². The summed E-state index contributed by atoms with van der Waals surface area (Å²) in [6.45, 7) is 0. The molecule has 0 saturated heterocycles.